The largest absolute Gasteiger partial charge is 0.467 e. The number of nitrogens with one attached hydrogen (secondary N) is 1. The first kappa shape index (κ1) is 12.9. The number of nitrogens with zero attached hydrogens (tertiary/aromatic N) is 1. The summed E-state index contributed by atoms with van der Waals surface area (Å²) in [4.78, 5) is 25.8. The zero-order chi connectivity index (χ0) is 12.8. The van der Waals surface area contributed by atoms with Gasteiger partial charge in [0.1, 0.15) is 11.7 Å². The number of aliphatic hydroxyl groups excluding tert-OH is 1. The fourth-order valence-electron chi connectivity index (χ4n) is 1.18. The highest BCUT2D eigenvalue weighted by molar-refractivity contribution is 5.91. The van der Waals surface area contributed by atoms with Gasteiger partial charge in [-0.25, -0.2) is 4.79 Å². The summed E-state index contributed by atoms with van der Waals surface area (Å²) in [7, 11) is 1.22. The van der Waals surface area contributed by atoms with Crippen molar-refractivity contribution >= 4 is 17.6 Å². The van der Waals surface area contributed by atoms with Gasteiger partial charge in [-0.05, 0) is 12.1 Å². The number of nitrogens with two attached hydrogens (primary N) is 1. The summed E-state index contributed by atoms with van der Waals surface area (Å²) in [5, 5.41) is 11.7. The molecule has 1 unspecified atom stereocenters. The molecular formula is C10H13N3O4. The van der Waals surface area contributed by atoms with Crippen molar-refractivity contribution in [2.75, 3.05) is 19.0 Å². The predicted octanol–water partition coefficient (Wildman–Crippen LogP) is -0.874. The lowest BCUT2D eigenvalue weighted by Crippen LogP contribution is -2.34. The molecule has 0 bridgehead atoms. The summed E-state index contributed by atoms with van der Waals surface area (Å²) in [6.07, 6.45) is 1.37. The van der Waals surface area contributed by atoms with Crippen molar-refractivity contribution in [1.29, 1.82) is 0 Å². The second kappa shape index (κ2) is 5.80. The van der Waals surface area contributed by atoms with E-state index < -0.39 is 24.5 Å². The molecule has 7 nitrogen and oxygen atoms in total. The van der Waals surface area contributed by atoms with Gasteiger partial charge in [0.15, 0.2) is 0 Å². The Morgan fingerprint density at radius 3 is 2.88 bits per heavy atom. The van der Waals surface area contributed by atoms with E-state index in [4.69, 9.17) is 10.8 Å². The number of anilines is 1. The summed E-state index contributed by atoms with van der Waals surface area (Å²) >= 11 is 0. The molecule has 0 aromatic carbocycles. The first-order valence-corrected chi connectivity index (χ1v) is 4.79. The maximum Gasteiger partial charge on any atom is 0.330 e. The minimum absolute atomic E-state index is 0.0663. The van der Waals surface area contributed by atoms with Crippen LogP contribution in [0.2, 0.25) is 0 Å². The molecule has 1 amide bonds. The summed E-state index contributed by atoms with van der Waals surface area (Å²) in [5.41, 5.74) is 5.57. The van der Waals surface area contributed by atoms with Crippen molar-refractivity contribution in [3.05, 3.63) is 24.0 Å². The van der Waals surface area contributed by atoms with Gasteiger partial charge >= 0.3 is 5.97 Å². The topological polar surface area (TPSA) is 115 Å². The van der Waals surface area contributed by atoms with Crippen LogP contribution in [0.4, 0.5) is 5.69 Å². The second-order valence-electron chi connectivity index (χ2n) is 3.20. The molecule has 7 heteroatoms. The number of aromatic nitrogens is 1. The van der Waals surface area contributed by atoms with Crippen LogP contribution in [0.1, 0.15) is 10.5 Å². The molecule has 0 aliphatic carbocycles. The summed E-state index contributed by atoms with van der Waals surface area (Å²) in [5.74, 6) is -1.28. The van der Waals surface area contributed by atoms with Crippen LogP contribution in [0, 0.1) is 0 Å². The average Bonchev–Trinajstić information content (AvgIpc) is 2.35. The molecule has 0 aliphatic heterocycles. The van der Waals surface area contributed by atoms with E-state index in [0.29, 0.717) is 5.69 Å². The minimum atomic E-state index is -0.900. The number of carbonyl (C=O) groups is 2. The third-order valence-electron chi connectivity index (χ3n) is 2.02. The summed E-state index contributed by atoms with van der Waals surface area (Å²) in [6.45, 7) is -0.430. The summed E-state index contributed by atoms with van der Waals surface area (Å²) in [6, 6.07) is 2.02. The van der Waals surface area contributed by atoms with Crippen molar-refractivity contribution < 1.29 is 19.4 Å². The Balaban J connectivity index is 2.83. The number of hydrogen-bond donors (Lipinski definition) is 3. The quantitative estimate of drug-likeness (QED) is 0.575. The molecule has 0 spiro atoms. The van der Waals surface area contributed by atoms with Gasteiger partial charge < -0.3 is 20.9 Å². The monoisotopic (exact) mass is 239 g/mol. The Hall–Kier alpha value is -2.15. The van der Waals surface area contributed by atoms with Crippen molar-refractivity contribution in [3.8, 4) is 0 Å². The lowest BCUT2D eigenvalue weighted by Gasteiger charge is -2.15. The number of hydrogen-bond acceptors (Lipinski definition) is 6. The smallest absolute Gasteiger partial charge is 0.330 e. The number of rotatable bonds is 5. The molecule has 1 rings (SSSR count). The van der Waals surface area contributed by atoms with Gasteiger partial charge in [-0.3, -0.25) is 9.78 Å². The molecule has 0 radical (unpaired) electrons. The molecular weight excluding hydrogens is 226 g/mol. The van der Waals surface area contributed by atoms with Gasteiger partial charge in [0, 0.05) is 11.9 Å². The first-order chi connectivity index (χ1) is 8.08. The number of primary amides is 1. The van der Waals surface area contributed by atoms with E-state index in [-0.39, 0.29) is 5.69 Å². The predicted molar refractivity (Wildman–Crippen MR) is 59.3 cm³/mol. The van der Waals surface area contributed by atoms with Crippen LogP contribution in [-0.2, 0) is 9.53 Å². The Kier molecular flexibility index (Phi) is 4.41. The molecule has 1 aromatic heterocycles. The number of amides is 1. The van der Waals surface area contributed by atoms with Gasteiger partial charge in [-0.15, -0.1) is 0 Å². The van der Waals surface area contributed by atoms with Gasteiger partial charge in [0.2, 0.25) is 0 Å². The van der Waals surface area contributed by atoms with Crippen LogP contribution < -0.4 is 11.1 Å². The standard InChI is InChI=1S/C10H13N3O4/c1-17-10(16)8(5-14)13-6-2-3-12-7(4-6)9(11)15/h2-4,8,14H,5H2,1H3,(H2,11,15)(H,12,13). The van der Waals surface area contributed by atoms with E-state index in [9.17, 15) is 9.59 Å². The maximum atomic E-state index is 11.2. The van der Waals surface area contributed by atoms with E-state index >= 15 is 0 Å². The molecule has 1 aromatic rings. The Labute approximate surface area is 97.6 Å². The van der Waals surface area contributed by atoms with Crippen LogP contribution in [0.25, 0.3) is 0 Å². The molecule has 1 heterocycles. The SMILES string of the molecule is COC(=O)C(CO)Nc1ccnc(C(N)=O)c1. The fraction of sp³-hybridized carbons (Fsp3) is 0.300. The zero-order valence-corrected chi connectivity index (χ0v) is 9.21. The molecule has 17 heavy (non-hydrogen) atoms. The minimum Gasteiger partial charge on any atom is -0.467 e. The van der Waals surface area contributed by atoms with E-state index in [1.807, 2.05) is 0 Å². The van der Waals surface area contributed by atoms with E-state index in [1.54, 1.807) is 0 Å². The van der Waals surface area contributed by atoms with Crippen molar-refractivity contribution in [3.63, 3.8) is 0 Å². The van der Waals surface area contributed by atoms with E-state index in [2.05, 4.69) is 15.0 Å². The normalized spacial score (nSPS) is 11.6. The average molecular weight is 239 g/mol. The third-order valence-corrected chi connectivity index (χ3v) is 2.02. The maximum absolute atomic E-state index is 11.2. The van der Waals surface area contributed by atoms with E-state index in [1.165, 1.54) is 25.4 Å². The fourth-order valence-corrected chi connectivity index (χ4v) is 1.18. The van der Waals surface area contributed by atoms with Crippen LogP contribution in [0.3, 0.4) is 0 Å². The molecule has 0 saturated carbocycles. The Bertz CT molecular complexity index is 422. The number of methoxy groups -OCH3 is 1. The Morgan fingerprint density at radius 2 is 2.35 bits per heavy atom. The van der Waals surface area contributed by atoms with Crippen molar-refractivity contribution in [2.24, 2.45) is 5.73 Å². The van der Waals surface area contributed by atoms with Gasteiger partial charge in [-0.1, -0.05) is 0 Å². The number of pyridine rings is 1. The lowest BCUT2D eigenvalue weighted by atomic mass is 10.2. The zero-order valence-electron chi connectivity index (χ0n) is 9.21. The molecule has 0 saturated heterocycles. The molecule has 92 valence electrons. The van der Waals surface area contributed by atoms with Gasteiger partial charge in [-0.2, -0.15) is 0 Å². The van der Waals surface area contributed by atoms with E-state index in [0.717, 1.165) is 0 Å². The van der Waals surface area contributed by atoms with Crippen molar-refractivity contribution in [1.82, 2.24) is 4.98 Å². The lowest BCUT2D eigenvalue weighted by molar-refractivity contribution is -0.142. The van der Waals surface area contributed by atoms with Crippen LogP contribution in [0.15, 0.2) is 18.3 Å². The summed E-state index contributed by atoms with van der Waals surface area (Å²) < 4.78 is 4.48. The number of ether oxygens (including phenoxy) is 1. The van der Waals surface area contributed by atoms with Crippen molar-refractivity contribution in [2.45, 2.75) is 6.04 Å². The van der Waals surface area contributed by atoms with Crippen LogP contribution in [-0.4, -0.2) is 41.7 Å². The highest BCUT2D eigenvalue weighted by atomic mass is 16.5. The number of carbonyl (C=O) groups excluding carboxylic acids is 2. The van der Waals surface area contributed by atoms with Gasteiger partial charge in [0.05, 0.1) is 13.7 Å². The van der Waals surface area contributed by atoms with Gasteiger partial charge in [0.25, 0.3) is 5.91 Å². The molecule has 1 atom stereocenters. The molecule has 0 aliphatic rings. The number of esters is 1. The highest BCUT2D eigenvalue weighted by Crippen LogP contribution is 2.09. The first-order valence-electron chi connectivity index (χ1n) is 4.79. The number of aliphatic hydroxyl groups is 1. The second-order valence-corrected chi connectivity index (χ2v) is 3.20. The highest BCUT2D eigenvalue weighted by Gasteiger charge is 2.18. The van der Waals surface area contributed by atoms with Crippen LogP contribution >= 0.6 is 0 Å². The Morgan fingerprint density at radius 1 is 1.65 bits per heavy atom. The molecule has 4 N–H and O–H groups in total. The molecule has 0 fully saturated rings. The third kappa shape index (κ3) is 3.42. The van der Waals surface area contributed by atoms with Crippen LogP contribution in [0.5, 0.6) is 0 Å².